The van der Waals surface area contributed by atoms with Crippen LogP contribution >= 0.6 is 11.3 Å². The first-order valence-electron chi connectivity index (χ1n) is 6.39. The molecule has 0 fully saturated rings. The summed E-state index contributed by atoms with van der Waals surface area (Å²) in [6.07, 6.45) is 0. The summed E-state index contributed by atoms with van der Waals surface area (Å²) in [7, 11) is 0. The van der Waals surface area contributed by atoms with Crippen molar-refractivity contribution in [2.75, 3.05) is 0 Å². The molecule has 3 aromatic rings. The molecule has 3 rings (SSSR count). The number of benzene rings is 1. The lowest BCUT2D eigenvalue weighted by Crippen LogP contribution is -2.16. The number of fused-ring (bicyclic) bond motifs is 1. The Hall–Kier alpha value is -1.95. The van der Waals surface area contributed by atoms with Gasteiger partial charge in [-0.15, -0.1) is 10.2 Å². The lowest BCUT2D eigenvalue weighted by atomic mass is 9.96. The highest BCUT2D eigenvalue weighted by Gasteiger charge is 2.23. The maximum absolute atomic E-state index is 9.49. The SMILES string of the molecule is Cc1cc(O)ccc1-c1nn2c(C(C)(C)C)nnc2s1. The van der Waals surface area contributed by atoms with Gasteiger partial charge in [0, 0.05) is 11.0 Å². The number of hydrogen-bond acceptors (Lipinski definition) is 5. The van der Waals surface area contributed by atoms with E-state index < -0.39 is 0 Å². The Morgan fingerprint density at radius 3 is 2.60 bits per heavy atom. The van der Waals surface area contributed by atoms with Crippen LogP contribution in [-0.2, 0) is 5.41 Å². The summed E-state index contributed by atoms with van der Waals surface area (Å²) in [5, 5.41) is 23.4. The van der Waals surface area contributed by atoms with Crippen molar-refractivity contribution in [1.29, 1.82) is 0 Å². The predicted molar refractivity (Wildman–Crippen MR) is 79.2 cm³/mol. The van der Waals surface area contributed by atoms with Gasteiger partial charge in [0.15, 0.2) is 5.82 Å². The number of aromatic hydroxyl groups is 1. The van der Waals surface area contributed by atoms with Crippen molar-refractivity contribution in [3.05, 3.63) is 29.6 Å². The maximum atomic E-state index is 9.49. The average molecular weight is 288 g/mol. The molecule has 6 heteroatoms. The molecule has 2 heterocycles. The van der Waals surface area contributed by atoms with Gasteiger partial charge in [-0.05, 0) is 30.7 Å². The molecule has 1 aromatic carbocycles. The number of phenolic OH excluding ortho intramolecular Hbond substituents is 1. The number of hydrogen-bond donors (Lipinski definition) is 1. The van der Waals surface area contributed by atoms with E-state index in [1.54, 1.807) is 12.1 Å². The molecule has 0 unspecified atom stereocenters. The van der Waals surface area contributed by atoms with E-state index in [4.69, 9.17) is 0 Å². The quantitative estimate of drug-likeness (QED) is 0.747. The van der Waals surface area contributed by atoms with Gasteiger partial charge < -0.3 is 5.11 Å². The molecule has 20 heavy (non-hydrogen) atoms. The molecule has 0 spiro atoms. The summed E-state index contributed by atoms with van der Waals surface area (Å²) in [6.45, 7) is 8.24. The zero-order chi connectivity index (χ0) is 14.5. The van der Waals surface area contributed by atoms with E-state index >= 15 is 0 Å². The number of rotatable bonds is 1. The molecule has 5 nitrogen and oxygen atoms in total. The van der Waals surface area contributed by atoms with Crippen LogP contribution in [0.1, 0.15) is 32.2 Å². The van der Waals surface area contributed by atoms with E-state index in [9.17, 15) is 5.11 Å². The van der Waals surface area contributed by atoms with E-state index in [2.05, 4.69) is 36.1 Å². The number of nitrogens with zero attached hydrogens (tertiary/aromatic N) is 4. The molecular weight excluding hydrogens is 272 g/mol. The molecule has 0 saturated heterocycles. The Labute approximate surface area is 120 Å². The third kappa shape index (κ3) is 2.06. The minimum absolute atomic E-state index is 0.102. The molecule has 0 radical (unpaired) electrons. The van der Waals surface area contributed by atoms with Gasteiger partial charge in [0.25, 0.3) is 0 Å². The third-order valence-electron chi connectivity index (χ3n) is 3.10. The smallest absolute Gasteiger partial charge is 0.235 e. The van der Waals surface area contributed by atoms with Gasteiger partial charge in [-0.2, -0.15) is 9.61 Å². The largest absolute Gasteiger partial charge is 0.508 e. The predicted octanol–water partition coefficient (Wildman–Crippen LogP) is 3.16. The van der Waals surface area contributed by atoms with Crippen molar-refractivity contribution < 1.29 is 5.11 Å². The summed E-state index contributed by atoms with van der Waals surface area (Å²) < 4.78 is 1.81. The summed E-state index contributed by atoms with van der Waals surface area (Å²) >= 11 is 1.50. The van der Waals surface area contributed by atoms with Crippen molar-refractivity contribution in [2.24, 2.45) is 0 Å². The number of aromatic nitrogens is 4. The molecule has 0 saturated carbocycles. The molecule has 0 amide bonds. The summed E-state index contributed by atoms with van der Waals surface area (Å²) in [5.41, 5.74) is 1.90. The van der Waals surface area contributed by atoms with Crippen LogP contribution in [0.2, 0.25) is 0 Å². The van der Waals surface area contributed by atoms with Crippen molar-refractivity contribution in [3.8, 4) is 16.3 Å². The molecule has 0 aliphatic rings. The average Bonchev–Trinajstić information content (AvgIpc) is 2.86. The fraction of sp³-hybridized carbons (Fsp3) is 0.357. The van der Waals surface area contributed by atoms with Crippen LogP contribution in [0, 0.1) is 6.92 Å². The lowest BCUT2D eigenvalue weighted by molar-refractivity contribution is 0.475. The molecule has 0 aliphatic heterocycles. The zero-order valence-electron chi connectivity index (χ0n) is 11.9. The zero-order valence-corrected chi connectivity index (χ0v) is 12.7. The van der Waals surface area contributed by atoms with Gasteiger partial charge >= 0.3 is 0 Å². The van der Waals surface area contributed by atoms with Crippen molar-refractivity contribution in [2.45, 2.75) is 33.1 Å². The van der Waals surface area contributed by atoms with Crippen LogP contribution in [0.25, 0.3) is 15.5 Å². The number of phenols is 1. The van der Waals surface area contributed by atoms with E-state index in [0.29, 0.717) is 0 Å². The monoisotopic (exact) mass is 288 g/mol. The Kier molecular flexibility index (Phi) is 2.79. The molecule has 1 N–H and O–H groups in total. The van der Waals surface area contributed by atoms with Crippen molar-refractivity contribution in [1.82, 2.24) is 19.8 Å². The van der Waals surface area contributed by atoms with E-state index in [-0.39, 0.29) is 11.2 Å². The van der Waals surface area contributed by atoms with Gasteiger partial charge in [-0.1, -0.05) is 32.1 Å². The maximum Gasteiger partial charge on any atom is 0.235 e. The summed E-state index contributed by atoms with van der Waals surface area (Å²) in [5.74, 6) is 1.12. The molecule has 2 aromatic heterocycles. The Morgan fingerprint density at radius 2 is 1.95 bits per heavy atom. The Morgan fingerprint density at radius 1 is 1.20 bits per heavy atom. The van der Waals surface area contributed by atoms with Crippen molar-refractivity contribution >= 4 is 16.3 Å². The van der Waals surface area contributed by atoms with Crippen LogP contribution in [0.3, 0.4) is 0 Å². The standard InChI is InChI=1S/C14H16N4OS/c1-8-7-9(19)5-6-10(8)11-17-18-12(14(2,3)4)15-16-13(18)20-11/h5-7,19H,1-4H3. The first-order chi connectivity index (χ1) is 9.36. The lowest BCUT2D eigenvalue weighted by Gasteiger charge is -2.13. The second-order valence-electron chi connectivity index (χ2n) is 5.87. The highest BCUT2D eigenvalue weighted by atomic mass is 32.1. The molecule has 0 aliphatic carbocycles. The molecular formula is C14H16N4OS. The van der Waals surface area contributed by atoms with Gasteiger partial charge in [0.1, 0.15) is 10.8 Å². The van der Waals surface area contributed by atoms with Gasteiger partial charge in [0.2, 0.25) is 4.96 Å². The van der Waals surface area contributed by atoms with Gasteiger partial charge in [-0.3, -0.25) is 0 Å². The normalized spacial score (nSPS) is 12.2. The Balaban J connectivity index is 2.16. The molecule has 0 atom stereocenters. The van der Waals surface area contributed by atoms with Gasteiger partial charge in [-0.25, -0.2) is 0 Å². The topological polar surface area (TPSA) is 63.3 Å². The highest BCUT2D eigenvalue weighted by Crippen LogP contribution is 2.31. The van der Waals surface area contributed by atoms with E-state index in [0.717, 1.165) is 26.9 Å². The van der Waals surface area contributed by atoms with Crippen LogP contribution in [-0.4, -0.2) is 24.9 Å². The third-order valence-corrected chi connectivity index (χ3v) is 4.03. The van der Waals surface area contributed by atoms with Crippen LogP contribution in [0.4, 0.5) is 0 Å². The minimum atomic E-state index is -0.102. The first kappa shape index (κ1) is 13.1. The molecule has 104 valence electrons. The minimum Gasteiger partial charge on any atom is -0.508 e. The van der Waals surface area contributed by atoms with Crippen molar-refractivity contribution in [3.63, 3.8) is 0 Å². The fourth-order valence-corrected chi connectivity index (χ4v) is 3.01. The number of aryl methyl sites for hydroxylation is 1. The second kappa shape index (κ2) is 4.28. The second-order valence-corrected chi connectivity index (χ2v) is 6.83. The van der Waals surface area contributed by atoms with E-state index in [1.165, 1.54) is 11.3 Å². The first-order valence-corrected chi connectivity index (χ1v) is 7.20. The summed E-state index contributed by atoms with van der Waals surface area (Å²) in [6, 6.07) is 5.30. The van der Waals surface area contributed by atoms with Crippen LogP contribution in [0.15, 0.2) is 18.2 Å². The van der Waals surface area contributed by atoms with E-state index in [1.807, 2.05) is 17.5 Å². The fourth-order valence-electron chi connectivity index (χ4n) is 2.08. The summed E-state index contributed by atoms with van der Waals surface area (Å²) in [4.78, 5) is 0.789. The van der Waals surface area contributed by atoms with Crippen LogP contribution in [0.5, 0.6) is 5.75 Å². The molecule has 0 bridgehead atoms. The van der Waals surface area contributed by atoms with Gasteiger partial charge in [0.05, 0.1) is 0 Å². The Bertz CT molecular complexity index is 782. The van der Waals surface area contributed by atoms with Crippen LogP contribution < -0.4 is 0 Å². The highest BCUT2D eigenvalue weighted by molar-refractivity contribution is 7.19.